The second-order valence-electron chi connectivity index (χ2n) is 5.35. The predicted octanol–water partition coefficient (Wildman–Crippen LogP) is 0.854. The molecule has 1 fully saturated rings. The number of carbonyl (C=O) groups is 1. The third-order valence-electron chi connectivity index (χ3n) is 3.89. The van der Waals surface area contributed by atoms with Crippen LogP contribution in [0.1, 0.15) is 10.4 Å². The molecule has 0 bridgehead atoms. The lowest BCUT2D eigenvalue weighted by Crippen LogP contribution is -2.45. The van der Waals surface area contributed by atoms with Gasteiger partial charge in [0, 0.05) is 38.8 Å². The van der Waals surface area contributed by atoms with E-state index in [1.165, 1.54) is 0 Å². The number of benzene rings is 1. The van der Waals surface area contributed by atoms with E-state index < -0.39 is 0 Å². The fourth-order valence-corrected chi connectivity index (χ4v) is 2.51. The van der Waals surface area contributed by atoms with Gasteiger partial charge in [0.05, 0.1) is 5.56 Å². The molecule has 114 valence electrons. The van der Waals surface area contributed by atoms with Crippen LogP contribution in [-0.4, -0.2) is 69.3 Å². The molecule has 6 nitrogen and oxygen atoms in total. The molecule has 0 aliphatic carbocycles. The number of piperazine rings is 1. The summed E-state index contributed by atoms with van der Waals surface area (Å²) in [5.74, 6) is 1.79. The summed E-state index contributed by atoms with van der Waals surface area (Å²) in [6, 6.07) is 3.40. The monoisotopic (exact) mass is 292 g/mol. The Kier molecular flexibility index (Phi) is 4.26. The number of hydrogen-bond acceptors (Lipinski definition) is 6. The van der Waals surface area contributed by atoms with Crippen molar-refractivity contribution in [2.24, 2.45) is 0 Å². The number of hydrogen-bond donors (Lipinski definition) is 0. The Morgan fingerprint density at radius 2 is 1.90 bits per heavy atom. The van der Waals surface area contributed by atoms with Crippen molar-refractivity contribution in [3.63, 3.8) is 0 Å². The highest BCUT2D eigenvalue weighted by Crippen LogP contribution is 2.37. The molecule has 0 N–H and O–H groups in total. The molecule has 6 heteroatoms. The zero-order valence-corrected chi connectivity index (χ0v) is 12.2. The predicted molar refractivity (Wildman–Crippen MR) is 77.4 cm³/mol. The third kappa shape index (κ3) is 3.28. The van der Waals surface area contributed by atoms with E-state index in [0.717, 1.165) is 39.0 Å². The van der Waals surface area contributed by atoms with Crippen LogP contribution in [0.25, 0.3) is 0 Å². The molecule has 2 aliphatic heterocycles. The van der Waals surface area contributed by atoms with Gasteiger partial charge < -0.3 is 19.1 Å². The van der Waals surface area contributed by atoms with Crippen LogP contribution in [-0.2, 0) is 0 Å². The minimum atomic E-state index is 0.193. The Hall–Kier alpha value is -1.79. The van der Waals surface area contributed by atoms with Gasteiger partial charge in [-0.25, -0.2) is 0 Å². The second-order valence-corrected chi connectivity index (χ2v) is 5.35. The van der Waals surface area contributed by atoms with E-state index in [9.17, 15) is 4.79 Å². The first-order valence-corrected chi connectivity index (χ1v) is 7.19. The molecule has 1 aromatic rings. The summed E-state index contributed by atoms with van der Waals surface area (Å²) < 4.78 is 16.3. The van der Waals surface area contributed by atoms with Crippen molar-refractivity contribution in [2.45, 2.75) is 0 Å². The molecule has 1 saturated heterocycles. The van der Waals surface area contributed by atoms with Gasteiger partial charge in [-0.05, 0) is 13.1 Å². The second kappa shape index (κ2) is 6.32. The Morgan fingerprint density at radius 3 is 2.62 bits per heavy atom. The maximum atomic E-state index is 11.1. The van der Waals surface area contributed by atoms with Crippen molar-refractivity contribution in [2.75, 3.05) is 53.2 Å². The van der Waals surface area contributed by atoms with Gasteiger partial charge in [-0.15, -0.1) is 0 Å². The molecule has 21 heavy (non-hydrogen) atoms. The van der Waals surface area contributed by atoms with Gasteiger partial charge >= 0.3 is 0 Å². The summed E-state index contributed by atoms with van der Waals surface area (Å²) in [4.78, 5) is 15.8. The topological polar surface area (TPSA) is 51.2 Å². The van der Waals surface area contributed by atoms with Gasteiger partial charge in [0.25, 0.3) is 0 Å². The number of fused-ring (bicyclic) bond motifs is 1. The molecule has 0 amide bonds. The lowest BCUT2D eigenvalue weighted by molar-refractivity contribution is 0.111. The van der Waals surface area contributed by atoms with Crippen LogP contribution < -0.4 is 14.2 Å². The van der Waals surface area contributed by atoms with E-state index in [-0.39, 0.29) is 6.79 Å². The standard InChI is InChI=1S/C15H20N2O4/c1-16-2-4-17(5-3-16)6-7-19-13-9-15-14(20-11-21-15)8-12(13)10-18/h8-10H,2-7,11H2,1H3. The number of rotatable bonds is 5. The van der Waals surface area contributed by atoms with E-state index in [2.05, 4.69) is 16.8 Å². The maximum absolute atomic E-state index is 11.1. The first kappa shape index (κ1) is 14.2. The Bertz CT molecular complexity index is 513. The highest BCUT2D eigenvalue weighted by molar-refractivity contribution is 5.81. The molecule has 1 aromatic carbocycles. The van der Waals surface area contributed by atoms with Crippen molar-refractivity contribution in [1.82, 2.24) is 9.80 Å². The molecule has 0 atom stereocenters. The van der Waals surface area contributed by atoms with E-state index >= 15 is 0 Å². The molecule has 0 aromatic heterocycles. The summed E-state index contributed by atoms with van der Waals surface area (Å²) in [5, 5.41) is 0. The first-order valence-electron chi connectivity index (χ1n) is 7.19. The van der Waals surface area contributed by atoms with Crippen LogP contribution >= 0.6 is 0 Å². The van der Waals surface area contributed by atoms with Gasteiger partial charge in [0.1, 0.15) is 12.4 Å². The van der Waals surface area contributed by atoms with Crippen molar-refractivity contribution < 1.29 is 19.0 Å². The Balaban J connectivity index is 1.56. The van der Waals surface area contributed by atoms with E-state index in [0.29, 0.717) is 29.4 Å². The largest absolute Gasteiger partial charge is 0.491 e. The molecule has 3 rings (SSSR count). The molecule has 0 spiro atoms. The van der Waals surface area contributed by atoms with E-state index in [4.69, 9.17) is 14.2 Å². The molecule has 0 unspecified atom stereocenters. The summed E-state index contributed by atoms with van der Waals surface area (Å²) in [5.41, 5.74) is 0.498. The van der Waals surface area contributed by atoms with Crippen LogP contribution in [0.2, 0.25) is 0 Å². The van der Waals surface area contributed by atoms with Crippen LogP contribution in [0.4, 0.5) is 0 Å². The quantitative estimate of drug-likeness (QED) is 0.750. The molecular weight excluding hydrogens is 272 g/mol. The SMILES string of the molecule is CN1CCN(CCOc2cc3c(cc2C=O)OCO3)CC1. The van der Waals surface area contributed by atoms with Crippen molar-refractivity contribution in [1.29, 1.82) is 0 Å². The van der Waals surface area contributed by atoms with Gasteiger partial charge in [0.2, 0.25) is 6.79 Å². The van der Waals surface area contributed by atoms with Crippen LogP contribution in [0.5, 0.6) is 17.2 Å². The number of likely N-dealkylation sites (N-methyl/N-ethyl adjacent to an activating group) is 1. The molecule has 0 radical (unpaired) electrons. The van der Waals surface area contributed by atoms with Crippen LogP contribution in [0, 0.1) is 0 Å². The smallest absolute Gasteiger partial charge is 0.231 e. The first-order chi connectivity index (χ1) is 10.3. The lowest BCUT2D eigenvalue weighted by atomic mass is 10.2. The zero-order valence-electron chi connectivity index (χ0n) is 12.2. The summed E-state index contributed by atoms with van der Waals surface area (Å²) in [6.07, 6.45) is 0.785. The molecule has 2 heterocycles. The fourth-order valence-electron chi connectivity index (χ4n) is 2.51. The molecule has 2 aliphatic rings. The van der Waals surface area contributed by atoms with Crippen molar-refractivity contribution in [3.05, 3.63) is 17.7 Å². The van der Waals surface area contributed by atoms with Gasteiger partial charge in [-0.1, -0.05) is 0 Å². The molecule has 0 saturated carbocycles. The number of ether oxygens (including phenoxy) is 3. The lowest BCUT2D eigenvalue weighted by Gasteiger charge is -2.32. The highest BCUT2D eigenvalue weighted by Gasteiger charge is 2.18. The van der Waals surface area contributed by atoms with Crippen molar-refractivity contribution >= 4 is 6.29 Å². The fraction of sp³-hybridized carbons (Fsp3) is 0.533. The van der Waals surface area contributed by atoms with Crippen molar-refractivity contribution in [3.8, 4) is 17.2 Å². The van der Waals surface area contributed by atoms with Gasteiger partial charge in [-0.3, -0.25) is 9.69 Å². The van der Waals surface area contributed by atoms with E-state index in [1.807, 2.05) is 0 Å². The minimum absolute atomic E-state index is 0.193. The van der Waals surface area contributed by atoms with Gasteiger partial charge in [0.15, 0.2) is 17.8 Å². The average molecular weight is 292 g/mol. The highest BCUT2D eigenvalue weighted by atomic mass is 16.7. The Labute approximate surface area is 124 Å². The zero-order chi connectivity index (χ0) is 14.7. The summed E-state index contributed by atoms with van der Waals surface area (Å²) in [7, 11) is 2.14. The summed E-state index contributed by atoms with van der Waals surface area (Å²) in [6.45, 7) is 5.90. The van der Waals surface area contributed by atoms with Crippen LogP contribution in [0.15, 0.2) is 12.1 Å². The third-order valence-corrected chi connectivity index (χ3v) is 3.89. The van der Waals surface area contributed by atoms with E-state index in [1.54, 1.807) is 12.1 Å². The number of carbonyl (C=O) groups excluding carboxylic acids is 1. The van der Waals surface area contributed by atoms with Crippen LogP contribution in [0.3, 0.4) is 0 Å². The Morgan fingerprint density at radius 1 is 1.19 bits per heavy atom. The number of aldehydes is 1. The minimum Gasteiger partial charge on any atom is -0.491 e. The van der Waals surface area contributed by atoms with Gasteiger partial charge in [-0.2, -0.15) is 0 Å². The molecular formula is C15H20N2O4. The summed E-state index contributed by atoms with van der Waals surface area (Å²) >= 11 is 0. The maximum Gasteiger partial charge on any atom is 0.231 e. The number of nitrogens with zero attached hydrogens (tertiary/aromatic N) is 2. The normalized spacial score (nSPS) is 18.7. The average Bonchev–Trinajstić information content (AvgIpc) is 2.95.